The standard InChI is InChI=1S/C14H20N4.C11H12.C2H2/c1-18-7-6-10-2-3-11(8-12(10)9-18)13(15)4-5-14(16)17;1-3-4-8-11-9-6-5-7-10(11)2;1-2/h2-5,8H,6-7,9,15-17H2,1H3;3-9H,1H2,2H3;1-2H/b13-4-;8-4-;. The monoisotopic (exact) mass is 414 g/mol. The smallest absolute Gasteiger partial charge is 0.0934 e. The molecule has 0 radical (unpaired) electrons. The number of benzene rings is 2. The lowest BCUT2D eigenvalue weighted by molar-refractivity contribution is 0.313. The predicted octanol–water partition coefficient (Wildman–Crippen LogP) is 4.18. The van der Waals surface area contributed by atoms with Gasteiger partial charge >= 0.3 is 0 Å². The lowest BCUT2D eigenvalue weighted by Crippen LogP contribution is -2.26. The van der Waals surface area contributed by atoms with Crippen molar-refractivity contribution in [2.75, 3.05) is 13.6 Å². The van der Waals surface area contributed by atoms with Crippen LogP contribution in [-0.2, 0) is 13.0 Å². The van der Waals surface area contributed by atoms with Crippen LogP contribution in [0, 0.1) is 19.8 Å². The Hall–Kier alpha value is -3.68. The van der Waals surface area contributed by atoms with Gasteiger partial charge in [-0.1, -0.05) is 61.2 Å². The fourth-order valence-electron chi connectivity index (χ4n) is 3.11. The maximum absolute atomic E-state index is 6.00. The number of nitrogens with zero attached hydrogens (tertiary/aromatic N) is 1. The maximum Gasteiger partial charge on any atom is 0.0934 e. The van der Waals surface area contributed by atoms with Gasteiger partial charge in [0.1, 0.15) is 0 Å². The summed E-state index contributed by atoms with van der Waals surface area (Å²) in [5, 5.41) is 0. The Morgan fingerprint density at radius 1 is 1.03 bits per heavy atom. The molecule has 31 heavy (non-hydrogen) atoms. The van der Waals surface area contributed by atoms with Gasteiger partial charge in [-0.2, -0.15) is 0 Å². The first kappa shape index (κ1) is 25.4. The van der Waals surface area contributed by atoms with Crippen LogP contribution in [0.2, 0.25) is 0 Å². The largest absolute Gasteiger partial charge is 0.398 e. The van der Waals surface area contributed by atoms with Crippen molar-refractivity contribution < 1.29 is 0 Å². The van der Waals surface area contributed by atoms with E-state index in [1.807, 2.05) is 18.2 Å². The van der Waals surface area contributed by atoms with Crippen LogP contribution in [0.25, 0.3) is 11.8 Å². The summed E-state index contributed by atoms with van der Waals surface area (Å²) in [7, 11) is 2.13. The highest BCUT2D eigenvalue weighted by Gasteiger charge is 2.13. The molecule has 4 nitrogen and oxygen atoms in total. The number of hydrogen-bond acceptors (Lipinski definition) is 4. The molecule has 6 N–H and O–H groups in total. The van der Waals surface area contributed by atoms with Crippen LogP contribution >= 0.6 is 0 Å². The molecule has 0 aromatic heterocycles. The fraction of sp³-hybridized carbons (Fsp3) is 0.185. The topological polar surface area (TPSA) is 81.3 Å². The van der Waals surface area contributed by atoms with E-state index in [0.29, 0.717) is 5.70 Å². The second-order valence-electron chi connectivity index (χ2n) is 7.21. The molecule has 1 aliphatic rings. The van der Waals surface area contributed by atoms with Crippen LogP contribution < -0.4 is 17.2 Å². The minimum absolute atomic E-state index is 0.260. The van der Waals surface area contributed by atoms with Crippen molar-refractivity contribution in [2.24, 2.45) is 17.2 Å². The van der Waals surface area contributed by atoms with E-state index < -0.39 is 0 Å². The molecule has 3 rings (SSSR count). The Bertz CT molecular complexity index is 960. The van der Waals surface area contributed by atoms with Gasteiger partial charge in [0.2, 0.25) is 0 Å². The third-order valence-corrected chi connectivity index (χ3v) is 4.80. The Balaban J connectivity index is 0.000000317. The first-order chi connectivity index (χ1) is 14.9. The van der Waals surface area contributed by atoms with Crippen molar-refractivity contribution in [1.29, 1.82) is 0 Å². The fourth-order valence-corrected chi connectivity index (χ4v) is 3.11. The highest BCUT2D eigenvalue weighted by Crippen LogP contribution is 2.21. The Morgan fingerprint density at radius 3 is 2.39 bits per heavy atom. The zero-order valence-corrected chi connectivity index (χ0v) is 18.6. The van der Waals surface area contributed by atoms with E-state index in [-0.39, 0.29) is 5.82 Å². The summed E-state index contributed by atoms with van der Waals surface area (Å²) in [6, 6.07) is 14.6. The quantitative estimate of drug-likeness (QED) is 0.518. The molecule has 2 aromatic carbocycles. The van der Waals surface area contributed by atoms with Crippen molar-refractivity contribution in [3.05, 3.63) is 107 Å². The van der Waals surface area contributed by atoms with E-state index in [0.717, 1.165) is 25.1 Å². The molecule has 0 saturated heterocycles. The lowest BCUT2D eigenvalue weighted by Gasteiger charge is -2.25. The number of hydrogen-bond donors (Lipinski definition) is 3. The zero-order valence-electron chi connectivity index (χ0n) is 18.6. The Kier molecular flexibility index (Phi) is 11.1. The van der Waals surface area contributed by atoms with E-state index in [4.69, 9.17) is 17.2 Å². The average Bonchev–Trinajstić information content (AvgIpc) is 2.78. The molecule has 0 bridgehead atoms. The number of likely N-dealkylation sites (N-methyl/N-ethyl adjacent to an activating group) is 1. The molecule has 1 heterocycles. The number of aryl methyl sites for hydroxylation is 1. The van der Waals surface area contributed by atoms with Crippen LogP contribution in [-0.4, -0.2) is 18.5 Å². The van der Waals surface area contributed by atoms with Crippen LogP contribution in [0.5, 0.6) is 0 Å². The zero-order chi connectivity index (χ0) is 23.2. The molecule has 0 unspecified atom stereocenters. The molecule has 0 aliphatic carbocycles. The summed E-state index contributed by atoms with van der Waals surface area (Å²) in [5.41, 5.74) is 23.8. The minimum Gasteiger partial charge on any atom is -0.398 e. The summed E-state index contributed by atoms with van der Waals surface area (Å²) in [4.78, 5) is 2.31. The van der Waals surface area contributed by atoms with Gasteiger partial charge in [-0.25, -0.2) is 0 Å². The molecule has 0 saturated carbocycles. The predicted molar refractivity (Wildman–Crippen MR) is 135 cm³/mol. The molecule has 0 spiro atoms. The van der Waals surface area contributed by atoms with E-state index >= 15 is 0 Å². The maximum atomic E-state index is 6.00. The van der Waals surface area contributed by atoms with Gasteiger partial charge in [-0.15, -0.1) is 12.8 Å². The molecule has 4 heteroatoms. The van der Waals surface area contributed by atoms with Crippen LogP contribution in [0.15, 0.2) is 79.2 Å². The second kappa shape index (κ2) is 13.5. The summed E-state index contributed by atoms with van der Waals surface area (Å²) in [6.07, 6.45) is 18.2. The molecule has 0 atom stereocenters. The van der Waals surface area contributed by atoms with Crippen LogP contribution in [0.1, 0.15) is 27.8 Å². The van der Waals surface area contributed by atoms with Crippen LogP contribution in [0.4, 0.5) is 0 Å². The van der Waals surface area contributed by atoms with Gasteiger partial charge < -0.3 is 22.1 Å². The van der Waals surface area contributed by atoms with E-state index in [9.17, 15) is 0 Å². The Morgan fingerprint density at radius 2 is 1.74 bits per heavy atom. The van der Waals surface area contributed by atoms with Crippen molar-refractivity contribution in [1.82, 2.24) is 4.90 Å². The van der Waals surface area contributed by atoms with Gasteiger partial charge in [0.15, 0.2) is 0 Å². The summed E-state index contributed by atoms with van der Waals surface area (Å²) < 4.78 is 0. The number of fused-ring (bicyclic) bond motifs is 1. The number of terminal acetylenes is 1. The average molecular weight is 415 g/mol. The van der Waals surface area contributed by atoms with Crippen molar-refractivity contribution in [3.63, 3.8) is 0 Å². The van der Waals surface area contributed by atoms with E-state index in [1.54, 1.807) is 18.2 Å². The summed E-state index contributed by atoms with van der Waals surface area (Å²) in [5.74, 6) is 0.260. The van der Waals surface area contributed by atoms with Gasteiger partial charge in [-0.3, -0.25) is 0 Å². The molecular weight excluding hydrogens is 380 g/mol. The Labute approximate surface area is 187 Å². The van der Waals surface area contributed by atoms with Gasteiger partial charge in [0.25, 0.3) is 0 Å². The van der Waals surface area contributed by atoms with Gasteiger partial charge in [-0.05, 0) is 66.4 Å². The lowest BCUT2D eigenvalue weighted by atomic mass is 9.96. The third-order valence-electron chi connectivity index (χ3n) is 4.80. The molecule has 162 valence electrons. The second-order valence-corrected chi connectivity index (χ2v) is 7.21. The summed E-state index contributed by atoms with van der Waals surface area (Å²) >= 11 is 0. The molecule has 0 fully saturated rings. The number of rotatable bonds is 4. The molecule has 2 aromatic rings. The normalized spacial score (nSPS) is 13.1. The number of nitrogens with two attached hydrogens (primary N) is 3. The van der Waals surface area contributed by atoms with Crippen LogP contribution in [0.3, 0.4) is 0 Å². The number of allylic oxidation sites excluding steroid dienone is 4. The molecule has 1 aliphatic heterocycles. The highest BCUT2D eigenvalue weighted by atomic mass is 15.1. The minimum atomic E-state index is 0.260. The third kappa shape index (κ3) is 8.69. The van der Waals surface area contributed by atoms with E-state index in [2.05, 4.69) is 74.7 Å². The van der Waals surface area contributed by atoms with Crippen molar-refractivity contribution >= 4 is 11.8 Å². The van der Waals surface area contributed by atoms with Crippen molar-refractivity contribution in [2.45, 2.75) is 19.9 Å². The first-order valence-electron chi connectivity index (χ1n) is 10.1. The van der Waals surface area contributed by atoms with Gasteiger partial charge in [0, 0.05) is 18.8 Å². The van der Waals surface area contributed by atoms with Gasteiger partial charge in [0.05, 0.1) is 5.82 Å². The SMILES string of the molecule is C#C.C=C/C=C\c1ccccc1C.CN1CCc2ccc(/C(N)=C/C=C(N)N)cc2C1. The first-order valence-corrected chi connectivity index (χ1v) is 10.1. The molecular formula is C27H34N4. The molecule has 0 amide bonds. The highest BCUT2D eigenvalue weighted by molar-refractivity contribution is 5.65. The van der Waals surface area contributed by atoms with Crippen molar-refractivity contribution in [3.8, 4) is 12.8 Å². The summed E-state index contributed by atoms with van der Waals surface area (Å²) in [6.45, 7) is 7.81. The van der Waals surface area contributed by atoms with E-state index in [1.165, 1.54) is 22.3 Å².